The van der Waals surface area contributed by atoms with E-state index in [2.05, 4.69) is 24.4 Å². The predicted octanol–water partition coefficient (Wildman–Crippen LogP) is 2.34. The second kappa shape index (κ2) is 7.13. The standard InChI is InChI=1S/C18H20N2O3/c1-2-3-14-6-8-20(9-7-14)13-18(21)19-15-4-5-16-17(12-15)23-11-10-22-16/h4-9,12H,2-3,10-11,13H2,1H3/p+1. The van der Waals surface area contributed by atoms with Crippen LogP contribution in [-0.2, 0) is 17.8 Å². The third-order valence-corrected chi connectivity index (χ3v) is 3.65. The normalized spacial score (nSPS) is 12.7. The molecular weight excluding hydrogens is 292 g/mol. The second-order valence-electron chi connectivity index (χ2n) is 5.54. The van der Waals surface area contributed by atoms with Crippen LogP contribution in [0.2, 0.25) is 0 Å². The molecule has 0 spiro atoms. The maximum absolute atomic E-state index is 12.2. The van der Waals surface area contributed by atoms with Gasteiger partial charge in [-0.2, -0.15) is 4.57 Å². The van der Waals surface area contributed by atoms with Gasteiger partial charge in [0.25, 0.3) is 5.91 Å². The van der Waals surface area contributed by atoms with E-state index in [1.165, 1.54) is 5.56 Å². The summed E-state index contributed by atoms with van der Waals surface area (Å²) >= 11 is 0. The first-order valence-electron chi connectivity index (χ1n) is 7.92. The average molecular weight is 313 g/mol. The molecule has 0 saturated carbocycles. The van der Waals surface area contributed by atoms with Crippen LogP contribution >= 0.6 is 0 Å². The van der Waals surface area contributed by atoms with Gasteiger partial charge in [-0.25, -0.2) is 0 Å². The number of hydrogen-bond donors (Lipinski definition) is 1. The van der Waals surface area contributed by atoms with Crippen molar-refractivity contribution in [2.75, 3.05) is 18.5 Å². The Morgan fingerprint density at radius 1 is 1.13 bits per heavy atom. The highest BCUT2D eigenvalue weighted by molar-refractivity contribution is 5.90. The van der Waals surface area contributed by atoms with E-state index in [0.29, 0.717) is 24.7 Å². The van der Waals surface area contributed by atoms with Crippen LogP contribution in [0.3, 0.4) is 0 Å². The number of anilines is 1. The molecule has 1 amide bonds. The van der Waals surface area contributed by atoms with Gasteiger partial charge < -0.3 is 14.8 Å². The predicted molar refractivity (Wildman–Crippen MR) is 86.7 cm³/mol. The minimum atomic E-state index is -0.0741. The van der Waals surface area contributed by atoms with Crippen LogP contribution in [0.15, 0.2) is 42.7 Å². The van der Waals surface area contributed by atoms with E-state index in [4.69, 9.17) is 9.47 Å². The van der Waals surface area contributed by atoms with Gasteiger partial charge in [-0.05, 0) is 24.1 Å². The number of hydrogen-bond acceptors (Lipinski definition) is 3. The maximum Gasteiger partial charge on any atom is 0.290 e. The first kappa shape index (κ1) is 15.3. The molecule has 120 valence electrons. The lowest BCUT2D eigenvalue weighted by atomic mass is 10.2. The van der Waals surface area contributed by atoms with Gasteiger partial charge in [0.1, 0.15) is 13.2 Å². The van der Waals surface area contributed by atoms with Crippen molar-refractivity contribution in [1.82, 2.24) is 0 Å². The monoisotopic (exact) mass is 313 g/mol. The minimum Gasteiger partial charge on any atom is -0.486 e. The Hall–Kier alpha value is -2.56. The van der Waals surface area contributed by atoms with Crippen LogP contribution in [0.1, 0.15) is 18.9 Å². The second-order valence-corrected chi connectivity index (χ2v) is 5.54. The lowest BCUT2D eigenvalue weighted by Gasteiger charge is -2.18. The lowest BCUT2D eigenvalue weighted by molar-refractivity contribution is -0.684. The molecule has 0 aliphatic carbocycles. The number of aromatic nitrogens is 1. The van der Waals surface area contributed by atoms with E-state index in [-0.39, 0.29) is 12.5 Å². The third kappa shape index (κ3) is 4.00. The van der Waals surface area contributed by atoms with Crippen LogP contribution in [0.25, 0.3) is 0 Å². The molecule has 0 atom stereocenters. The Balaban J connectivity index is 1.60. The fraction of sp³-hybridized carbons (Fsp3) is 0.333. The number of nitrogens with one attached hydrogen (secondary N) is 1. The van der Waals surface area contributed by atoms with Crippen LogP contribution in [0.5, 0.6) is 11.5 Å². The van der Waals surface area contributed by atoms with Crippen molar-refractivity contribution in [3.8, 4) is 11.5 Å². The fourth-order valence-corrected chi connectivity index (χ4v) is 2.54. The number of pyridine rings is 1. The summed E-state index contributed by atoms with van der Waals surface area (Å²) < 4.78 is 12.9. The Bertz CT molecular complexity index is 683. The van der Waals surface area contributed by atoms with Gasteiger partial charge in [0.05, 0.1) is 0 Å². The summed E-state index contributed by atoms with van der Waals surface area (Å²) in [6, 6.07) is 9.54. The smallest absolute Gasteiger partial charge is 0.290 e. The molecule has 1 aromatic carbocycles. The van der Waals surface area contributed by atoms with Crippen LogP contribution in [0.4, 0.5) is 5.69 Å². The molecule has 0 saturated heterocycles. The summed E-state index contributed by atoms with van der Waals surface area (Å²) in [4.78, 5) is 12.2. The molecule has 1 aliphatic rings. The Morgan fingerprint density at radius 3 is 2.61 bits per heavy atom. The summed E-state index contributed by atoms with van der Waals surface area (Å²) in [6.07, 6.45) is 6.06. The SMILES string of the molecule is CCCc1cc[n+](CC(=O)Nc2ccc3c(c2)OCCO3)cc1. The average Bonchev–Trinajstić information content (AvgIpc) is 2.57. The van der Waals surface area contributed by atoms with Crippen molar-refractivity contribution in [1.29, 1.82) is 0 Å². The lowest BCUT2D eigenvalue weighted by Crippen LogP contribution is -2.39. The van der Waals surface area contributed by atoms with Crippen molar-refractivity contribution >= 4 is 11.6 Å². The first-order valence-corrected chi connectivity index (χ1v) is 7.92. The highest BCUT2D eigenvalue weighted by atomic mass is 16.6. The van der Waals surface area contributed by atoms with E-state index in [0.717, 1.165) is 18.6 Å². The van der Waals surface area contributed by atoms with Gasteiger partial charge in [-0.1, -0.05) is 13.3 Å². The first-order chi connectivity index (χ1) is 11.2. The molecule has 0 radical (unpaired) electrons. The van der Waals surface area contributed by atoms with Gasteiger partial charge in [-0.15, -0.1) is 0 Å². The van der Waals surface area contributed by atoms with E-state index in [1.807, 2.05) is 29.1 Å². The molecule has 5 heteroatoms. The van der Waals surface area contributed by atoms with Gasteiger partial charge in [0.2, 0.25) is 6.54 Å². The zero-order valence-corrected chi connectivity index (χ0v) is 13.2. The number of aryl methyl sites for hydroxylation is 1. The van der Waals surface area contributed by atoms with E-state index < -0.39 is 0 Å². The van der Waals surface area contributed by atoms with Crippen molar-refractivity contribution in [3.05, 3.63) is 48.3 Å². The number of amides is 1. The molecule has 23 heavy (non-hydrogen) atoms. The summed E-state index contributed by atoms with van der Waals surface area (Å²) in [5, 5.41) is 2.88. The summed E-state index contributed by atoms with van der Waals surface area (Å²) in [5.41, 5.74) is 2.00. The number of carbonyl (C=O) groups is 1. The molecular formula is C18H21N2O3+. The molecule has 0 fully saturated rings. The zero-order chi connectivity index (χ0) is 16.1. The van der Waals surface area contributed by atoms with Crippen LogP contribution in [-0.4, -0.2) is 19.1 Å². The van der Waals surface area contributed by atoms with E-state index >= 15 is 0 Å². The molecule has 2 heterocycles. The minimum absolute atomic E-state index is 0.0741. The highest BCUT2D eigenvalue weighted by Gasteiger charge is 2.14. The van der Waals surface area contributed by atoms with Crippen molar-refractivity contribution in [2.45, 2.75) is 26.3 Å². The molecule has 0 bridgehead atoms. The topological polar surface area (TPSA) is 51.4 Å². The molecule has 3 rings (SSSR count). The van der Waals surface area contributed by atoms with Crippen LogP contribution in [0, 0.1) is 0 Å². The zero-order valence-electron chi connectivity index (χ0n) is 13.2. The largest absolute Gasteiger partial charge is 0.486 e. The van der Waals surface area contributed by atoms with Gasteiger partial charge in [-0.3, -0.25) is 4.79 Å². The molecule has 1 aliphatic heterocycles. The van der Waals surface area contributed by atoms with Crippen molar-refractivity contribution in [2.24, 2.45) is 0 Å². The number of rotatable bonds is 5. The number of carbonyl (C=O) groups excluding carboxylic acids is 1. The molecule has 5 nitrogen and oxygen atoms in total. The van der Waals surface area contributed by atoms with Crippen molar-refractivity contribution in [3.63, 3.8) is 0 Å². The quantitative estimate of drug-likeness (QED) is 0.862. The molecule has 0 unspecified atom stereocenters. The number of ether oxygens (including phenoxy) is 2. The summed E-state index contributed by atoms with van der Waals surface area (Å²) in [5.74, 6) is 1.32. The summed E-state index contributed by atoms with van der Waals surface area (Å²) in [6.45, 7) is 3.52. The number of benzene rings is 1. The Kier molecular flexibility index (Phi) is 4.76. The fourth-order valence-electron chi connectivity index (χ4n) is 2.54. The van der Waals surface area contributed by atoms with Crippen LogP contribution < -0.4 is 19.4 Å². The molecule has 1 N–H and O–H groups in total. The number of nitrogens with zero attached hydrogens (tertiary/aromatic N) is 1. The maximum atomic E-state index is 12.2. The van der Waals surface area contributed by atoms with Gasteiger partial charge in [0, 0.05) is 23.9 Å². The molecule has 1 aromatic heterocycles. The Labute approximate surface area is 135 Å². The highest BCUT2D eigenvalue weighted by Crippen LogP contribution is 2.32. The van der Waals surface area contributed by atoms with E-state index in [9.17, 15) is 4.79 Å². The van der Waals surface area contributed by atoms with E-state index in [1.54, 1.807) is 6.07 Å². The Morgan fingerprint density at radius 2 is 1.87 bits per heavy atom. The van der Waals surface area contributed by atoms with Gasteiger partial charge >= 0.3 is 0 Å². The third-order valence-electron chi connectivity index (χ3n) is 3.65. The number of fused-ring (bicyclic) bond motifs is 1. The molecule has 2 aromatic rings. The summed E-state index contributed by atoms with van der Waals surface area (Å²) in [7, 11) is 0. The van der Waals surface area contributed by atoms with Crippen molar-refractivity contribution < 1.29 is 18.8 Å². The van der Waals surface area contributed by atoms with Gasteiger partial charge in [0.15, 0.2) is 23.9 Å².